The van der Waals surface area contributed by atoms with Gasteiger partial charge >= 0.3 is 0 Å². The number of benzene rings is 1. The SMILES string of the molecule is CCCCCCC(CCCCC)c1ccc(OC)c(OC)c1OC. The lowest BCUT2D eigenvalue weighted by Crippen LogP contribution is -2.05. The van der Waals surface area contributed by atoms with Gasteiger partial charge in [0.25, 0.3) is 0 Å². The molecule has 1 aromatic rings. The topological polar surface area (TPSA) is 27.7 Å². The van der Waals surface area contributed by atoms with Crippen molar-refractivity contribution in [3.63, 3.8) is 0 Å². The molecule has 0 N–H and O–H groups in total. The van der Waals surface area contributed by atoms with Gasteiger partial charge < -0.3 is 14.2 Å². The van der Waals surface area contributed by atoms with Gasteiger partial charge in [-0.3, -0.25) is 0 Å². The van der Waals surface area contributed by atoms with Crippen molar-refractivity contribution in [3.8, 4) is 17.2 Å². The molecule has 1 rings (SSSR count). The number of ether oxygens (including phenoxy) is 3. The number of hydrogen-bond donors (Lipinski definition) is 0. The van der Waals surface area contributed by atoms with Crippen molar-refractivity contribution in [1.29, 1.82) is 0 Å². The van der Waals surface area contributed by atoms with Crippen molar-refractivity contribution >= 4 is 0 Å². The molecule has 3 heteroatoms. The summed E-state index contributed by atoms with van der Waals surface area (Å²) in [4.78, 5) is 0. The quantitative estimate of drug-likeness (QED) is 0.393. The Morgan fingerprint density at radius 3 is 1.83 bits per heavy atom. The number of hydrogen-bond acceptors (Lipinski definition) is 3. The fourth-order valence-electron chi connectivity index (χ4n) is 3.36. The summed E-state index contributed by atoms with van der Waals surface area (Å²) in [6.45, 7) is 4.52. The van der Waals surface area contributed by atoms with Crippen molar-refractivity contribution in [2.24, 2.45) is 0 Å². The number of methoxy groups -OCH3 is 3. The molecule has 0 bridgehead atoms. The van der Waals surface area contributed by atoms with Gasteiger partial charge in [0.05, 0.1) is 21.3 Å². The molecule has 3 nitrogen and oxygen atoms in total. The summed E-state index contributed by atoms with van der Waals surface area (Å²) in [5, 5.41) is 0. The van der Waals surface area contributed by atoms with Crippen LogP contribution in [0.2, 0.25) is 0 Å². The Kier molecular flexibility index (Phi) is 10.4. The van der Waals surface area contributed by atoms with Gasteiger partial charge in [-0.15, -0.1) is 0 Å². The summed E-state index contributed by atoms with van der Waals surface area (Å²) in [6, 6.07) is 4.17. The lowest BCUT2D eigenvalue weighted by atomic mass is 9.87. The molecule has 0 aliphatic heterocycles. The first-order valence-electron chi connectivity index (χ1n) is 9.52. The van der Waals surface area contributed by atoms with Crippen LogP contribution in [0.1, 0.15) is 83.1 Å². The third kappa shape index (κ3) is 5.92. The van der Waals surface area contributed by atoms with Crippen molar-refractivity contribution in [2.45, 2.75) is 77.6 Å². The average Bonchev–Trinajstić information content (AvgIpc) is 2.62. The number of rotatable bonds is 13. The van der Waals surface area contributed by atoms with Crippen LogP contribution in [0.25, 0.3) is 0 Å². The van der Waals surface area contributed by atoms with Gasteiger partial charge in [0.1, 0.15) is 0 Å². The molecule has 1 unspecified atom stereocenters. The van der Waals surface area contributed by atoms with Gasteiger partial charge in [0.15, 0.2) is 11.5 Å². The van der Waals surface area contributed by atoms with E-state index in [1.54, 1.807) is 21.3 Å². The Morgan fingerprint density at radius 2 is 1.29 bits per heavy atom. The molecule has 0 saturated heterocycles. The van der Waals surface area contributed by atoms with E-state index in [-0.39, 0.29) is 0 Å². The third-order valence-corrected chi connectivity index (χ3v) is 4.74. The minimum absolute atomic E-state index is 0.531. The molecule has 0 heterocycles. The maximum absolute atomic E-state index is 5.72. The number of unbranched alkanes of at least 4 members (excludes halogenated alkanes) is 5. The molecule has 0 fully saturated rings. The van der Waals surface area contributed by atoms with Gasteiger partial charge in [-0.2, -0.15) is 0 Å². The monoisotopic (exact) mass is 336 g/mol. The molecule has 0 aromatic heterocycles. The van der Waals surface area contributed by atoms with Crippen LogP contribution < -0.4 is 14.2 Å². The molecule has 1 atom stereocenters. The van der Waals surface area contributed by atoms with Gasteiger partial charge in [0.2, 0.25) is 5.75 Å². The average molecular weight is 337 g/mol. The summed E-state index contributed by atoms with van der Waals surface area (Å²) >= 11 is 0. The Hall–Kier alpha value is -1.38. The predicted molar refractivity (Wildman–Crippen MR) is 102 cm³/mol. The fraction of sp³-hybridized carbons (Fsp3) is 0.714. The summed E-state index contributed by atoms with van der Waals surface area (Å²) < 4.78 is 16.7. The zero-order chi connectivity index (χ0) is 17.8. The van der Waals surface area contributed by atoms with Gasteiger partial charge in [0, 0.05) is 5.56 Å². The van der Waals surface area contributed by atoms with Gasteiger partial charge in [-0.05, 0) is 24.8 Å². The van der Waals surface area contributed by atoms with Crippen LogP contribution in [0.4, 0.5) is 0 Å². The first-order chi connectivity index (χ1) is 11.7. The van der Waals surface area contributed by atoms with Crippen LogP contribution in [0.5, 0.6) is 17.2 Å². The Bertz CT molecular complexity index is 457. The standard InChI is InChI=1S/C21H36O3/c1-6-8-10-12-14-17(13-11-9-7-2)18-15-16-19(22-3)21(24-5)20(18)23-4/h15-17H,6-14H2,1-5H3. The second-order valence-corrected chi connectivity index (χ2v) is 6.47. The first kappa shape index (κ1) is 20.7. The maximum atomic E-state index is 5.72. The Labute approximate surface area is 148 Å². The molecule has 0 saturated carbocycles. The highest BCUT2D eigenvalue weighted by molar-refractivity contribution is 5.56. The molecule has 24 heavy (non-hydrogen) atoms. The van der Waals surface area contributed by atoms with Crippen LogP contribution in [-0.2, 0) is 0 Å². The summed E-state index contributed by atoms with van der Waals surface area (Å²) in [6.07, 6.45) is 11.4. The molecule has 0 radical (unpaired) electrons. The van der Waals surface area contributed by atoms with E-state index in [0.717, 1.165) is 11.5 Å². The molecular weight excluding hydrogens is 300 g/mol. The highest BCUT2D eigenvalue weighted by Gasteiger charge is 2.21. The van der Waals surface area contributed by atoms with Gasteiger partial charge in [-0.25, -0.2) is 0 Å². The normalized spacial score (nSPS) is 12.0. The molecule has 0 amide bonds. The molecule has 138 valence electrons. The Balaban J connectivity index is 3.01. The lowest BCUT2D eigenvalue weighted by Gasteiger charge is -2.22. The van der Waals surface area contributed by atoms with Crippen LogP contribution >= 0.6 is 0 Å². The summed E-state index contributed by atoms with van der Waals surface area (Å²) in [7, 11) is 5.07. The van der Waals surface area contributed by atoms with Crippen LogP contribution in [0.3, 0.4) is 0 Å². The molecule has 0 aliphatic rings. The van der Waals surface area contributed by atoms with Crippen molar-refractivity contribution < 1.29 is 14.2 Å². The first-order valence-corrected chi connectivity index (χ1v) is 9.52. The van der Waals surface area contributed by atoms with E-state index in [2.05, 4.69) is 19.9 Å². The van der Waals surface area contributed by atoms with Gasteiger partial charge in [-0.1, -0.05) is 64.9 Å². The van der Waals surface area contributed by atoms with Crippen molar-refractivity contribution in [3.05, 3.63) is 17.7 Å². The second-order valence-electron chi connectivity index (χ2n) is 6.47. The van der Waals surface area contributed by atoms with Crippen LogP contribution in [0.15, 0.2) is 12.1 Å². The maximum Gasteiger partial charge on any atom is 0.203 e. The summed E-state index contributed by atoms with van der Waals surface area (Å²) in [5.41, 5.74) is 1.27. The van der Waals surface area contributed by atoms with E-state index in [1.165, 1.54) is 63.4 Å². The smallest absolute Gasteiger partial charge is 0.203 e. The fourth-order valence-corrected chi connectivity index (χ4v) is 3.36. The molecule has 0 spiro atoms. The largest absolute Gasteiger partial charge is 0.493 e. The highest BCUT2D eigenvalue weighted by Crippen LogP contribution is 2.44. The molecule has 1 aromatic carbocycles. The Morgan fingerprint density at radius 1 is 0.708 bits per heavy atom. The van der Waals surface area contributed by atoms with E-state index < -0.39 is 0 Å². The highest BCUT2D eigenvalue weighted by atomic mass is 16.5. The van der Waals surface area contributed by atoms with Crippen LogP contribution in [-0.4, -0.2) is 21.3 Å². The minimum atomic E-state index is 0.531. The predicted octanol–water partition coefficient (Wildman–Crippen LogP) is 6.35. The lowest BCUT2D eigenvalue weighted by molar-refractivity contribution is 0.319. The van der Waals surface area contributed by atoms with Crippen molar-refractivity contribution in [2.75, 3.05) is 21.3 Å². The van der Waals surface area contributed by atoms with E-state index in [9.17, 15) is 0 Å². The third-order valence-electron chi connectivity index (χ3n) is 4.74. The molecule has 0 aliphatic carbocycles. The zero-order valence-electron chi connectivity index (χ0n) is 16.3. The minimum Gasteiger partial charge on any atom is -0.493 e. The zero-order valence-corrected chi connectivity index (χ0v) is 16.3. The second kappa shape index (κ2) is 12.0. The van der Waals surface area contributed by atoms with Crippen molar-refractivity contribution in [1.82, 2.24) is 0 Å². The van der Waals surface area contributed by atoms with E-state index in [0.29, 0.717) is 11.7 Å². The van der Waals surface area contributed by atoms with Crippen LogP contribution in [0, 0.1) is 0 Å². The van der Waals surface area contributed by atoms with E-state index in [1.807, 2.05) is 6.07 Å². The van der Waals surface area contributed by atoms with E-state index in [4.69, 9.17) is 14.2 Å². The summed E-state index contributed by atoms with van der Waals surface area (Å²) in [5.74, 6) is 2.82. The van der Waals surface area contributed by atoms with E-state index >= 15 is 0 Å². The molecular formula is C21H36O3.